The molecule has 3 rings (SSSR count). The van der Waals surface area contributed by atoms with Gasteiger partial charge in [0.2, 0.25) is 5.91 Å². The summed E-state index contributed by atoms with van der Waals surface area (Å²) >= 11 is 0. The summed E-state index contributed by atoms with van der Waals surface area (Å²) in [6.45, 7) is 5.36. The fourth-order valence-corrected chi connectivity index (χ4v) is 2.71. The van der Waals surface area contributed by atoms with E-state index in [1.54, 1.807) is 7.11 Å². The predicted octanol–water partition coefficient (Wildman–Crippen LogP) is 3.06. The number of nitrogens with one attached hydrogen (secondary N) is 1. The lowest BCUT2D eigenvalue weighted by Crippen LogP contribution is -2.39. The minimum Gasteiger partial charge on any atom is -0.497 e. The van der Waals surface area contributed by atoms with Gasteiger partial charge in [-0.15, -0.1) is 0 Å². The number of carbonyl (C=O) groups excluding carboxylic acids is 1. The van der Waals surface area contributed by atoms with Gasteiger partial charge < -0.3 is 19.5 Å². The molecular weight excluding hydrogens is 318 g/mol. The van der Waals surface area contributed by atoms with Gasteiger partial charge in [-0.2, -0.15) is 0 Å². The summed E-state index contributed by atoms with van der Waals surface area (Å²) < 4.78 is 16.3. The molecule has 0 spiro atoms. The first-order chi connectivity index (χ1) is 12.0. The van der Waals surface area contributed by atoms with Crippen molar-refractivity contribution in [1.82, 2.24) is 5.32 Å². The molecule has 25 heavy (non-hydrogen) atoms. The van der Waals surface area contributed by atoms with Gasteiger partial charge in [0, 0.05) is 6.54 Å². The standard InChI is InChI=1S/C20H23NO4/c1-20(2,15-6-9-17-18(12-15)25-11-10-24-17)19(22)21-13-14-4-7-16(23-3)8-5-14/h4-9,12H,10-11,13H2,1-3H3,(H,21,22). The minimum absolute atomic E-state index is 0.0417. The summed E-state index contributed by atoms with van der Waals surface area (Å²) in [6.07, 6.45) is 0. The van der Waals surface area contributed by atoms with Crippen molar-refractivity contribution in [3.8, 4) is 17.2 Å². The molecule has 1 N–H and O–H groups in total. The summed E-state index contributed by atoms with van der Waals surface area (Å²) in [5, 5.41) is 3.00. The zero-order valence-electron chi connectivity index (χ0n) is 14.8. The number of methoxy groups -OCH3 is 1. The molecular formula is C20H23NO4. The SMILES string of the molecule is COc1ccc(CNC(=O)C(C)(C)c2ccc3c(c2)OCCO3)cc1. The van der Waals surface area contributed by atoms with E-state index >= 15 is 0 Å². The maximum atomic E-state index is 12.7. The molecule has 2 aromatic rings. The van der Waals surface area contributed by atoms with E-state index in [2.05, 4.69) is 5.32 Å². The third kappa shape index (κ3) is 3.71. The van der Waals surface area contributed by atoms with E-state index in [-0.39, 0.29) is 5.91 Å². The maximum absolute atomic E-state index is 12.7. The van der Waals surface area contributed by atoms with Crippen molar-refractivity contribution in [3.05, 3.63) is 53.6 Å². The highest BCUT2D eigenvalue weighted by Crippen LogP contribution is 2.35. The molecule has 5 heteroatoms. The number of amides is 1. The van der Waals surface area contributed by atoms with Gasteiger partial charge in [-0.05, 0) is 49.2 Å². The predicted molar refractivity (Wildman–Crippen MR) is 95.3 cm³/mol. The molecule has 0 fully saturated rings. The second-order valence-electron chi connectivity index (χ2n) is 6.51. The Hall–Kier alpha value is -2.69. The summed E-state index contributed by atoms with van der Waals surface area (Å²) in [5.74, 6) is 2.18. The Morgan fingerprint density at radius 3 is 2.44 bits per heavy atom. The number of hydrogen-bond donors (Lipinski definition) is 1. The van der Waals surface area contributed by atoms with Gasteiger partial charge in [0.15, 0.2) is 11.5 Å². The lowest BCUT2D eigenvalue weighted by atomic mass is 9.83. The number of ether oxygens (including phenoxy) is 3. The van der Waals surface area contributed by atoms with E-state index in [1.807, 2.05) is 56.3 Å². The van der Waals surface area contributed by atoms with Crippen LogP contribution < -0.4 is 19.5 Å². The van der Waals surface area contributed by atoms with Crippen LogP contribution >= 0.6 is 0 Å². The van der Waals surface area contributed by atoms with Crippen LogP contribution in [-0.4, -0.2) is 26.2 Å². The van der Waals surface area contributed by atoms with Crippen LogP contribution in [0.3, 0.4) is 0 Å². The van der Waals surface area contributed by atoms with Gasteiger partial charge in [0.05, 0.1) is 12.5 Å². The molecule has 132 valence electrons. The van der Waals surface area contributed by atoms with Crippen LogP contribution in [0.15, 0.2) is 42.5 Å². The largest absolute Gasteiger partial charge is 0.497 e. The van der Waals surface area contributed by atoms with Gasteiger partial charge in [-0.3, -0.25) is 4.79 Å². The van der Waals surface area contributed by atoms with Crippen molar-refractivity contribution >= 4 is 5.91 Å². The maximum Gasteiger partial charge on any atom is 0.230 e. The van der Waals surface area contributed by atoms with Gasteiger partial charge in [0.25, 0.3) is 0 Å². The van der Waals surface area contributed by atoms with Crippen LogP contribution in [0.4, 0.5) is 0 Å². The van der Waals surface area contributed by atoms with E-state index in [1.165, 1.54) is 0 Å². The molecule has 5 nitrogen and oxygen atoms in total. The molecule has 2 aromatic carbocycles. The molecule has 1 amide bonds. The van der Waals surface area contributed by atoms with E-state index in [0.29, 0.717) is 25.5 Å². The number of benzene rings is 2. The van der Waals surface area contributed by atoms with Crippen molar-refractivity contribution in [2.24, 2.45) is 0 Å². The zero-order valence-corrected chi connectivity index (χ0v) is 14.8. The molecule has 1 aliphatic heterocycles. The highest BCUT2D eigenvalue weighted by atomic mass is 16.6. The van der Waals surface area contributed by atoms with E-state index in [9.17, 15) is 4.79 Å². The first-order valence-corrected chi connectivity index (χ1v) is 8.32. The molecule has 1 aliphatic rings. The van der Waals surface area contributed by atoms with Crippen molar-refractivity contribution in [2.45, 2.75) is 25.8 Å². The molecule has 0 bridgehead atoms. The van der Waals surface area contributed by atoms with Crippen LogP contribution in [0.25, 0.3) is 0 Å². The third-order valence-corrected chi connectivity index (χ3v) is 4.44. The Morgan fingerprint density at radius 1 is 1.08 bits per heavy atom. The first-order valence-electron chi connectivity index (χ1n) is 8.32. The van der Waals surface area contributed by atoms with Gasteiger partial charge in [0.1, 0.15) is 19.0 Å². The average molecular weight is 341 g/mol. The molecule has 0 saturated heterocycles. The second-order valence-corrected chi connectivity index (χ2v) is 6.51. The summed E-state index contributed by atoms with van der Waals surface area (Å²) in [7, 11) is 1.63. The number of fused-ring (bicyclic) bond motifs is 1. The van der Waals surface area contributed by atoms with Crippen LogP contribution in [0, 0.1) is 0 Å². The Morgan fingerprint density at radius 2 is 1.76 bits per heavy atom. The zero-order chi connectivity index (χ0) is 17.9. The Bertz CT molecular complexity index is 753. The van der Waals surface area contributed by atoms with Crippen LogP contribution in [0.5, 0.6) is 17.2 Å². The van der Waals surface area contributed by atoms with Crippen molar-refractivity contribution in [3.63, 3.8) is 0 Å². The first kappa shape index (κ1) is 17.1. The monoisotopic (exact) mass is 341 g/mol. The van der Waals surface area contributed by atoms with Crippen LogP contribution in [-0.2, 0) is 16.8 Å². The topological polar surface area (TPSA) is 56.8 Å². The summed E-state index contributed by atoms with van der Waals surface area (Å²) in [5.41, 5.74) is 1.23. The fourth-order valence-electron chi connectivity index (χ4n) is 2.71. The molecule has 0 aromatic heterocycles. The lowest BCUT2D eigenvalue weighted by molar-refractivity contribution is -0.125. The second kappa shape index (κ2) is 7.05. The van der Waals surface area contributed by atoms with Crippen molar-refractivity contribution < 1.29 is 19.0 Å². The smallest absolute Gasteiger partial charge is 0.230 e. The van der Waals surface area contributed by atoms with Crippen molar-refractivity contribution in [2.75, 3.05) is 20.3 Å². The lowest BCUT2D eigenvalue weighted by Gasteiger charge is -2.26. The van der Waals surface area contributed by atoms with Crippen molar-refractivity contribution in [1.29, 1.82) is 0 Å². The third-order valence-electron chi connectivity index (χ3n) is 4.44. The summed E-state index contributed by atoms with van der Waals surface area (Å²) in [6, 6.07) is 13.3. The highest BCUT2D eigenvalue weighted by Gasteiger charge is 2.31. The van der Waals surface area contributed by atoms with E-state index in [0.717, 1.165) is 22.6 Å². The number of rotatable bonds is 5. The van der Waals surface area contributed by atoms with E-state index in [4.69, 9.17) is 14.2 Å². The van der Waals surface area contributed by atoms with E-state index < -0.39 is 5.41 Å². The van der Waals surface area contributed by atoms with Gasteiger partial charge >= 0.3 is 0 Å². The highest BCUT2D eigenvalue weighted by molar-refractivity contribution is 5.87. The molecule has 0 saturated carbocycles. The number of carbonyl (C=O) groups is 1. The molecule has 0 radical (unpaired) electrons. The van der Waals surface area contributed by atoms with Gasteiger partial charge in [-0.1, -0.05) is 18.2 Å². The number of hydrogen-bond acceptors (Lipinski definition) is 4. The summed E-state index contributed by atoms with van der Waals surface area (Å²) in [4.78, 5) is 12.7. The van der Waals surface area contributed by atoms with Gasteiger partial charge in [-0.25, -0.2) is 0 Å². The molecule has 0 unspecified atom stereocenters. The molecule has 0 aliphatic carbocycles. The Balaban J connectivity index is 1.69. The molecule has 1 heterocycles. The van der Waals surface area contributed by atoms with Crippen LogP contribution in [0.1, 0.15) is 25.0 Å². The average Bonchev–Trinajstić information content (AvgIpc) is 2.66. The van der Waals surface area contributed by atoms with Crippen LogP contribution in [0.2, 0.25) is 0 Å². The Labute approximate surface area is 147 Å². The fraction of sp³-hybridized carbons (Fsp3) is 0.350. The quantitative estimate of drug-likeness (QED) is 0.908. The minimum atomic E-state index is -0.678. The molecule has 0 atom stereocenters. The normalized spacial score (nSPS) is 13.2. The Kier molecular flexibility index (Phi) is 4.83.